The molecule has 0 radical (unpaired) electrons. The zero-order valence-electron chi connectivity index (χ0n) is 16.0. The van der Waals surface area contributed by atoms with Crippen LogP contribution in [0.4, 0.5) is 32.0 Å². The average Bonchev–Trinajstić information content (AvgIpc) is 3.08. The van der Waals surface area contributed by atoms with E-state index in [1.54, 1.807) is 18.2 Å². The molecular formula is C23H13F6NO2. The maximum absolute atomic E-state index is 13.5. The van der Waals surface area contributed by atoms with Gasteiger partial charge in [0.05, 0.1) is 16.8 Å². The number of furan rings is 1. The quantitative estimate of drug-likeness (QED) is 0.272. The van der Waals surface area contributed by atoms with E-state index in [0.717, 1.165) is 11.1 Å². The highest BCUT2D eigenvalue weighted by molar-refractivity contribution is 6.15. The van der Waals surface area contributed by atoms with Crippen molar-refractivity contribution >= 4 is 22.4 Å². The molecule has 1 aromatic heterocycles. The van der Waals surface area contributed by atoms with Crippen LogP contribution in [0.3, 0.4) is 0 Å². The number of carbonyl (C=O) groups excluding carboxylic acids is 1. The molecule has 3 aromatic carbocycles. The highest BCUT2D eigenvalue weighted by atomic mass is 19.4. The molecule has 0 aliphatic heterocycles. The molecular weight excluding hydrogens is 436 g/mol. The molecule has 0 saturated carbocycles. The lowest BCUT2D eigenvalue weighted by Crippen LogP contribution is -2.17. The van der Waals surface area contributed by atoms with E-state index in [4.69, 9.17) is 10.2 Å². The largest absolute Gasteiger partial charge is 0.450 e. The molecule has 0 fully saturated rings. The lowest BCUT2D eigenvalue weighted by Gasteiger charge is -2.14. The number of benzene rings is 3. The maximum Gasteiger partial charge on any atom is 0.417 e. The molecule has 4 rings (SSSR count). The summed E-state index contributed by atoms with van der Waals surface area (Å²) in [6, 6.07) is 14.8. The minimum Gasteiger partial charge on any atom is -0.450 e. The molecule has 164 valence electrons. The number of rotatable bonds is 3. The van der Waals surface area contributed by atoms with Crippen LogP contribution in [0.2, 0.25) is 0 Å². The van der Waals surface area contributed by atoms with Crippen molar-refractivity contribution in [3.63, 3.8) is 0 Å². The van der Waals surface area contributed by atoms with Crippen LogP contribution < -0.4 is 5.73 Å². The lowest BCUT2D eigenvalue weighted by atomic mass is 9.98. The summed E-state index contributed by atoms with van der Waals surface area (Å²) in [6.07, 6.45) is -10.2. The van der Waals surface area contributed by atoms with Crippen LogP contribution in [0.15, 0.2) is 71.1 Å². The molecule has 0 unspecified atom stereocenters. The van der Waals surface area contributed by atoms with Gasteiger partial charge in [0.1, 0.15) is 5.58 Å². The number of alkyl halides is 6. The topological polar surface area (TPSA) is 56.2 Å². The summed E-state index contributed by atoms with van der Waals surface area (Å²) in [4.78, 5) is 12.9. The minimum atomic E-state index is -5.20. The third kappa shape index (κ3) is 3.81. The first-order valence-electron chi connectivity index (χ1n) is 9.17. The Kier molecular flexibility index (Phi) is 4.99. The van der Waals surface area contributed by atoms with Gasteiger partial charge >= 0.3 is 12.4 Å². The van der Waals surface area contributed by atoms with Crippen molar-refractivity contribution in [2.45, 2.75) is 12.4 Å². The monoisotopic (exact) mass is 449 g/mol. The van der Waals surface area contributed by atoms with E-state index in [1.807, 2.05) is 30.3 Å². The number of ketones is 1. The fourth-order valence-corrected chi connectivity index (χ4v) is 3.37. The summed E-state index contributed by atoms with van der Waals surface area (Å²) < 4.78 is 84.6. The van der Waals surface area contributed by atoms with Gasteiger partial charge in [0.25, 0.3) is 0 Å². The molecule has 0 amide bonds. The Labute approximate surface area is 177 Å². The van der Waals surface area contributed by atoms with Gasteiger partial charge in [-0.3, -0.25) is 4.79 Å². The number of nitrogen functional groups attached to an aromatic ring is 1. The Morgan fingerprint density at radius 1 is 0.781 bits per heavy atom. The Hall–Kier alpha value is -3.75. The molecule has 0 saturated heterocycles. The second-order valence-corrected chi connectivity index (χ2v) is 7.01. The van der Waals surface area contributed by atoms with Crippen molar-refractivity contribution in [1.29, 1.82) is 0 Å². The average molecular weight is 449 g/mol. The van der Waals surface area contributed by atoms with Crippen LogP contribution in [0.25, 0.3) is 22.1 Å². The molecule has 4 aromatic rings. The van der Waals surface area contributed by atoms with Crippen molar-refractivity contribution in [2.24, 2.45) is 0 Å². The predicted octanol–water partition coefficient (Wildman–Crippen LogP) is 6.95. The standard InChI is InChI=1S/C23H13F6NO2/c24-22(25,26)14-7-9-15(17(11-14)23(27,28)29)20(31)21-19(30)16-8-6-13(10-18(16)32-21)12-4-2-1-3-5-12/h1-11H,30H2. The summed E-state index contributed by atoms with van der Waals surface area (Å²) in [5, 5.41) is 0.300. The molecule has 3 nitrogen and oxygen atoms in total. The third-order valence-electron chi connectivity index (χ3n) is 4.94. The third-order valence-corrected chi connectivity index (χ3v) is 4.94. The van der Waals surface area contributed by atoms with Gasteiger partial charge in [-0.1, -0.05) is 36.4 Å². The van der Waals surface area contributed by atoms with E-state index < -0.39 is 40.6 Å². The first-order chi connectivity index (χ1) is 15.0. The highest BCUT2D eigenvalue weighted by Crippen LogP contribution is 2.39. The van der Waals surface area contributed by atoms with Crippen LogP contribution in [0.5, 0.6) is 0 Å². The summed E-state index contributed by atoms with van der Waals surface area (Å²) >= 11 is 0. The summed E-state index contributed by atoms with van der Waals surface area (Å²) in [5.74, 6) is -1.84. The molecule has 0 aliphatic rings. The lowest BCUT2D eigenvalue weighted by molar-refractivity contribution is -0.143. The zero-order chi connectivity index (χ0) is 23.3. The van der Waals surface area contributed by atoms with Crippen LogP contribution in [-0.2, 0) is 12.4 Å². The number of anilines is 1. The first-order valence-corrected chi connectivity index (χ1v) is 9.17. The molecule has 0 spiro atoms. The van der Waals surface area contributed by atoms with Gasteiger partial charge in [-0.2, -0.15) is 26.3 Å². The van der Waals surface area contributed by atoms with Gasteiger partial charge in [0.15, 0.2) is 5.76 Å². The van der Waals surface area contributed by atoms with Crippen molar-refractivity contribution in [3.8, 4) is 11.1 Å². The van der Waals surface area contributed by atoms with Crippen molar-refractivity contribution in [2.75, 3.05) is 5.73 Å². The van der Waals surface area contributed by atoms with E-state index in [0.29, 0.717) is 17.5 Å². The second-order valence-electron chi connectivity index (χ2n) is 7.01. The van der Waals surface area contributed by atoms with Crippen LogP contribution in [0.1, 0.15) is 27.2 Å². The molecule has 0 bridgehead atoms. The van der Waals surface area contributed by atoms with Crippen molar-refractivity contribution < 1.29 is 35.6 Å². The van der Waals surface area contributed by atoms with E-state index in [1.165, 1.54) is 0 Å². The Morgan fingerprint density at radius 2 is 1.47 bits per heavy atom. The number of carbonyl (C=O) groups is 1. The Balaban J connectivity index is 1.83. The number of fused-ring (bicyclic) bond motifs is 1. The van der Waals surface area contributed by atoms with E-state index >= 15 is 0 Å². The number of hydrogen-bond donors (Lipinski definition) is 1. The van der Waals surface area contributed by atoms with E-state index in [9.17, 15) is 31.1 Å². The first kappa shape index (κ1) is 21.5. The second kappa shape index (κ2) is 7.44. The van der Waals surface area contributed by atoms with Gasteiger partial charge in [-0.25, -0.2) is 0 Å². The fourth-order valence-electron chi connectivity index (χ4n) is 3.37. The molecule has 1 heterocycles. The highest BCUT2D eigenvalue weighted by Gasteiger charge is 2.40. The molecule has 0 aliphatic carbocycles. The predicted molar refractivity (Wildman–Crippen MR) is 106 cm³/mol. The number of nitrogens with two attached hydrogens (primary N) is 1. The van der Waals surface area contributed by atoms with Gasteiger partial charge < -0.3 is 10.2 Å². The van der Waals surface area contributed by atoms with Gasteiger partial charge in [0.2, 0.25) is 5.78 Å². The normalized spacial score (nSPS) is 12.3. The van der Waals surface area contributed by atoms with Crippen molar-refractivity contribution in [3.05, 3.63) is 89.2 Å². The van der Waals surface area contributed by atoms with Crippen LogP contribution in [-0.4, -0.2) is 5.78 Å². The summed E-state index contributed by atoms with van der Waals surface area (Å²) in [6.45, 7) is 0. The van der Waals surface area contributed by atoms with Crippen LogP contribution in [0, 0.1) is 0 Å². The Bertz CT molecular complexity index is 1320. The zero-order valence-corrected chi connectivity index (χ0v) is 16.0. The SMILES string of the molecule is Nc1c(C(=O)c2ccc(C(F)(F)F)cc2C(F)(F)F)oc2cc(-c3ccccc3)ccc12. The Morgan fingerprint density at radius 3 is 2.09 bits per heavy atom. The van der Waals surface area contributed by atoms with E-state index in [-0.39, 0.29) is 17.3 Å². The molecule has 32 heavy (non-hydrogen) atoms. The minimum absolute atomic E-state index is 0.0976. The smallest absolute Gasteiger partial charge is 0.417 e. The van der Waals surface area contributed by atoms with Gasteiger partial charge in [0, 0.05) is 10.9 Å². The molecule has 0 atom stereocenters. The van der Waals surface area contributed by atoms with Crippen molar-refractivity contribution in [1.82, 2.24) is 0 Å². The number of halogens is 6. The number of hydrogen-bond acceptors (Lipinski definition) is 3. The van der Waals surface area contributed by atoms with Crippen LogP contribution >= 0.6 is 0 Å². The fraction of sp³-hybridized carbons (Fsp3) is 0.0870. The van der Waals surface area contributed by atoms with Gasteiger partial charge in [-0.15, -0.1) is 0 Å². The van der Waals surface area contributed by atoms with E-state index in [2.05, 4.69) is 0 Å². The maximum atomic E-state index is 13.5. The molecule has 2 N–H and O–H groups in total. The summed E-state index contributed by atoms with van der Waals surface area (Å²) in [5.41, 5.74) is 3.23. The molecule has 9 heteroatoms. The summed E-state index contributed by atoms with van der Waals surface area (Å²) in [7, 11) is 0. The van der Waals surface area contributed by atoms with Gasteiger partial charge in [-0.05, 0) is 41.5 Å².